The van der Waals surface area contributed by atoms with Crippen LogP contribution < -0.4 is 0 Å². The average molecular weight is 289 g/mol. The summed E-state index contributed by atoms with van der Waals surface area (Å²) in [5, 5.41) is 10.3. The van der Waals surface area contributed by atoms with Gasteiger partial charge >= 0.3 is 0 Å². The highest BCUT2D eigenvalue weighted by Crippen LogP contribution is 2.34. The first-order chi connectivity index (χ1) is 8.87. The molecule has 4 nitrogen and oxygen atoms in total. The Morgan fingerprint density at radius 1 is 1.16 bits per heavy atom. The minimum atomic E-state index is -2.83. The fourth-order valence-electron chi connectivity index (χ4n) is 3.64. The van der Waals surface area contributed by atoms with Crippen LogP contribution in [0.25, 0.3) is 0 Å². The highest BCUT2D eigenvalue weighted by atomic mass is 32.2. The molecule has 0 spiro atoms. The van der Waals surface area contributed by atoms with Crippen molar-refractivity contribution >= 4 is 9.84 Å². The largest absolute Gasteiger partial charge is 0.393 e. The van der Waals surface area contributed by atoms with Crippen molar-refractivity contribution in [2.24, 2.45) is 17.8 Å². The van der Waals surface area contributed by atoms with Gasteiger partial charge in [-0.2, -0.15) is 0 Å². The van der Waals surface area contributed by atoms with E-state index < -0.39 is 9.84 Å². The molecule has 1 heterocycles. The van der Waals surface area contributed by atoms with E-state index in [4.69, 9.17) is 0 Å². The zero-order valence-corrected chi connectivity index (χ0v) is 12.9. The molecule has 4 atom stereocenters. The van der Waals surface area contributed by atoms with Gasteiger partial charge in [0.05, 0.1) is 17.6 Å². The zero-order chi connectivity index (χ0) is 14.0. The number of hydrogen-bond donors (Lipinski definition) is 1. The molecule has 0 aromatic rings. The van der Waals surface area contributed by atoms with Crippen molar-refractivity contribution in [2.45, 2.75) is 39.2 Å². The van der Waals surface area contributed by atoms with Crippen molar-refractivity contribution in [1.82, 2.24) is 4.90 Å². The molecule has 112 valence electrons. The quantitative estimate of drug-likeness (QED) is 0.828. The molecule has 1 aliphatic heterocycles. The molecule has 0 aromatic carbocycles. The lowest BCUT2D eigenvalue weighted by Gasteiger charge is -2.39. The Morgan fingerprint density at radius 2 is 1.89 bits per heavy atom. The molecule has 19 heavy (non-hydrogen) atoms. The Morgan fingerprint density at radius 3 is 2.58 bits per heavy atom. The summed E-state index contributed by atoms with van der Waals surface area (Å²) in [6.07, 6.45) is 2.57. The number of nitrogens with zero attached hydrogens (tertiary/aromatic N) is 1. The molecule has 2 rings (SSSR count). The first-order valence-corrected chi connectivity index (χ1v) is 9.30. The summed E-state index contributed by atoms with van der Waals surface area (Å²) >= 11 is 0. The maximum Gasteiger partial charge on any atom is 0.151 e. The van der Waals surface area contributed by atoms with Crippen LogP contribution >= 0.6 is 0 Å². The molecule has 0 aromatic heterocycles. The molecule has 0 amide bonds. The molecule has 5 heteroatoms. The molecule has 4 unspecified atom stereocenters. The molecule has 2 fully saturated rings. The van der Waals surface area contributed by atoms with E-state index in [0.717, 1.165) is 25.9 Å². The fourth-order valence-corrected chi connectivity index (χ4v) is 4.95. The molecule has 0 bridgehead atoms. The Balaban J connectivity index is 1.93. The number of rotatable bonds is 2. The second kappa shape index (κ2) is 6.10. The Bertz CT molecular complexity index is 383. The van der Waals surface area contributed by atoms with Crippen molar-refractivity contribution in [1.29, 1.82) is 0 Å². The van der Waals surface area contributed by atoms with Gasteiger partial charge in [-0.15, -0.1) is 0 Å². The minimum Gasteiger partial charge on any atom is -0.393 e. The van der Waals surface area contributed by atoms with E-state index in [1.807, 2.05) is 0 Å². The van der Waals surface area contributed by atoms with Crippen molar-refractivity contribution in [3.63, 3.8) is 0 Å². The van der Waals surface area contributed by atoms with Gasteiger partial charge in [-0.3, -0.25) is 0 Å². The van der Waals surface area contributed by atoms with Crippen LogP contribution in [0.3, 0.4) is 0 Å². The Hall–Kier alpha value is -0.130. The predicted molar refractivity (Wildman–Crippen MR) is 76.8 cm³/mol. The number of aliphatic hydroxyl groups excluding tert-OH is 1. The zero-order valence-electron chi connectivity index (χ0n) is 12.1. The second-order valence-electron chi connectivity index (χ2n) is 6.59. The van der Waals surface area contributed by atoms with Gasteiger partial charge in [0.2, 0.25) is 0 Å². The third-order valence-electron chi connectivity index (χ3n) is 4.76. The van der Waals surface area contributed by atoms with Crippen LogP contribution in [0.15, 0.2) is 0 Å². The highest BCUT2D eigenvalue weighted by molar-refractivity contribution is 7.91. The summed E-state index contributed by atoms with van der Waals surface area (Å²) < 4.78 is 23.2. The van der Waals surface area contributed by atoms with Crippen LogP contribution in [0.4, 0.5) is 0 Å². The van der Waals surface area contributed by atoms with Gasteiger partial charge in [0.1, 0.15) is 0 Å². The van der Waals surface area contributed by atoms with Gasteiger partial charge in [-0.25, -0.2) is 8.42 Å². The number of hydrogen-bond acceptors (Lipinski definition) is 4. The molecule has 1 saturated heterocycles. The fraction of sp³-hybridized carbons (Fsp3) is 1.00. The Labute approximate surface area is 117 Å². The van der Waals surface area contributed by atoms with Gasteiger partial charge in [0.25, 0.3) is 0 Å². The molecular formula is C14H27NO3S. The summed E-state index contributed by atoms with van der Waals surface area (Å²) in [7, 11) is -2.83. The van der Waals surface area contributed by atoms with Crippen molar-refractivity contribution in [3.8, 4) is 0 Å². The maximum absolute atomic E-state index is 11.6. The van der Waals surface area contributed by atoms with E-state index in [-0.39, 0.29) is 11.9 Å². The lowest BCUT2D eigenvalue weighted by atomic mass is 9.73. The maximum atomic E-state index is 11.6. The van der Waals surface area contributed by atoms with Gasteiger partial charge in [-0.05, 0) is 37.6 Å². The van der Waals surface area contributed by atoms with Gasteiger partial charge < -0.3 is 10.0 Å². The summed E-state index contributed by atoms with van der Waals surface area (Å²) in [6.45, 7) is 6.76. The predicted octanol–water partition coefficient (Wildman–Crippen LogP) is 1.15. The van der Waals surface area contributed by atoms with Crippen LogP contribution in [0, 0.1) is 17.8 Å². The first kappa shape index (κ1) is 15.3. The smallest absolute Gasteiger partial charge is 0.151 e. The third kappa shape index (κ3) is 4.17. The molecular weight excluding hydrogens is 262 g/mol. The van der Waals surface area contributed by atoms with Crippen LogP contribution in [0.2, 0.25) is 0 Å². The monoisotopic (exact) mass is 289 g/mol. The van der Waals surface area contributed by atoms with E-state index >= 15 is 0 Å². The number of aliphatic hydroxyl groups is 1. The van der Waals surface area contributed by atoms with Crippen LogP contribution in [0.1, 0.15) is 33.1 Å². The van der Waals surface area contributed by atoms with Gasteiger partial charge in [0, 0.05) is 19.0 Å². The van der Waals surface area contributed by atoms with Crippen molar-refractivity contribution in [3.05, 3.63) is 0 Å². The lowest BCUT2D eigenvalue weighted by Crippen LogP contribution is -2.43. The third-order valence-corrected chi connectivity index (χ3v) is 6.48. The SMILES string of the molecule is CC1CC(C)C(CN2CCCS(=O)(=O)CC2)C(O)C1. The Kier molecular flexibility index (Phi) is 4.90. The van der Waals surface area contributed by atoms with E-state index in [9.17, 15) is 13.5 Å². The van der Waals surface area contributed by atoms with E-state index in [2.05, 4.69) is 18.7 Å². The molecule has 1 aliphatic carbocycles. The lowest BCUT2D eigenvalue weighted by molar-refractivity contribution is -0.000904. The van der Waals surface area contributed by atoms with Gasteiger partial charge in [0.15, 0.2) is 9.84 Å². The average Bonchev–Trinajstić information content (AvgIpc) is 2.45. The van der Waals surface area contributed by atoms with Crippen LogP contribution in [-0.2, 0) is 9.84 Å². The van der Waals surface area contributed by atoms with E-state index in [1.165, 1.54) is 6.42 Å². The summed E-state index contributed by atoms with van der Waals surface area (Å²) in [6, 6.07) is 0. The van der Waals surface area contributed by atoms with Crippen molar-refractivity contribution < 1.29 is 13.5 Å². The minimum absolute atomic E-state index is 0.224. The topological polar surface area (TPSA) is 57.6 Å². The first-order valence-electron chi connectivity index (χ1n) is 7.48. The summed E-state index contributed by atoms with van der Waals surface area (Å²) in [5.74, 6) is 2.03. The molecule has 1 saturated carbocycles. The number of sulfone groups is 1. The van der Waals surface area contributed by atoms with Gasteiger partial charge in [-0.1, -0.05) is 13.8 Å². The standard InChI is InChI=1S/C14H27NO3S/c1-11-8-12(2)13(14(16)9-11)10-15-4-3-6-19(17,18)7-5-15/h11-14,16H,3-10H2,1-2H3. The summed E-state index contributed by atoms with van der Waals surface area (Å²) in [5.41, 5.74) is 0. The van der Waals surface area contributed by atoms with Crippen LogP contribution in [0.5, 0.6) is 0 Å². The molecule has 2 aliphatic rings. The highest BCUT2D eigenvalue weighted by Gasteiger charge is 2.34. The summed E-state index contributed by atoms with van der Waals surface area (Å²) in [4.78, 5) is 2.24. The normalized spacial score (nSPS) is 40.8. The second-order valence-corrected chi connectivity index (χ2v) is 8.89. The van der Waals surface area contributed by atoms with E-state index in [0.29, 0.717) is 30.1 Å². The van der Waals surface area contributed by atoms with E-state index in [1.54, 1.807) is 0 Å². The van der Waals surface area contributed by atoms with Crippen molar-refractivity contribution in [2.75, 3.05) is 31.1 Å². The molecule has 0 radical (unpaired) electrons. The van der Waals surface area contributed by atoms with Crippen LogP contribution in [-0.4, -0.2) is 55.7 Å². The molecule has 1 N–H and O–H groups in total.